The first-order chi connectivity index (χ1) is 15.5. The van der Waals surface area contributed by atoms with Gasteiger partial charge in [-0.2, -0.15) is 0 Å². The first kappa shape index (κ1) is 22.0. The van der Waals surface area contributed by atoms with E-state index in [1.54, 1.807) is 13.3 Å². The second-order valence-corrected chi connectivity index (χ2v) is 8.41. The topological polar surface area (TPSA) is 67.3 Å². The molecule has 0 unspecified atom stereocenters. The van der Waals surface area contributed by atoms with Gasteiger partial charge in [0.1, 0.15) is 11.6 Å². The van der Waals surface area contributed by atoms with Gasteiger partial charge in [0.15, 0.2) is 0 Å². The molecule has 3 aromatic rings. The normalized spacial score (nSPS) is 16.2. The van der Waals surface area contributed by atoms with Crippen LogP contribution in [-0.2, 0) is 13.1 Å². The van der Waals surface area contributed by atoms with Crippen LogP contribution >= 0.6 is 0 Å². The maximum absolute atomic E-state index is 12.7. The van der Waals surface area contributed by atoms with E-state index in [9.17, 15) is 4.79 Å². The van der Waals surface area contributed by atoms with Crippen molar-refractivity contribution in [1.29, 1.82) is 0 Å². The number of benzene rings is 2. The molecule has 0 radical (unpaired) electrons. The molecule has 0 spiro atoms. The third-order valence-corrected chi connectivity index (χ3v) is 6.12. The molecule has 0 aliphatic carbocycles. The number of aryl methyl sites for hydroxylation is 2. The van der Waals surface area contributed by atoms with Crippen molar-refractivity contribution in [2.24, 2.45) is 0 Å². The van der Waals surface area contributed by atoms with Crippen LogP contribution in [0.2, 0.25) is 0 Å². The van der Waals surface area contributed by atoms with Gasteiger partial charge in [-0.3, -0.25) is 9.69 Å². The van der Waals surface area contributed by atoms with Gasteiger partial charge in [-0.15, -0.1) is 0 Å². The van der Waals surface area contributed by atoms with Crippen LogP contribution in [0.15, 0.2) is 54.7 Å². The van der Waals surface area contributed by atoms with Gasteiger partial charge in [0.25, 0.3) is 5.91 Å². The Bertz CT molecular complexity index is 1100. The number of hydrogen-bond donors (Lipinski definition) is 1. The molecule has 1 aliphatic heterocycles. The molecule has 1 N–H and O–H groups in total. The summed E-state index contributed by atoms with van der Waals surface area (Å²) in [6.45, 7) is 7.39. The third-order valence-electron chi connectivity index (χ3n) is 6.12. The standard InChI is InChI=1S/C26H30N4O2/c1-18-7-4-5-9-21(18)16-30-12-11-22(17-30)25-27-15-24(19(2)29-25)26(31)28-14-20-8-6-10-23(13-20)32-3/h4-10,13,15,22H,11-12,14,16-17H2,1-3H3,(H,28,31)/t22-/m0/s1. The number of likely N-dealkylation sites (tertiary alicyclic amines) is 1. The van der Waals surface area contributed by atoms with Crippen LogP contribution < -0.4 is 10.1 Å². The summed E-state index contributed by atoms with van der Waals surface area (Å²) in [6.07, 6.45) is 2.70. The van der Waals surface area contributed by atoms with Gasteiger partial charge < -0.3 is 10.1 Å². The van der Waals surface area contributed by atoms with E-state index in [0.29, 0.717) is 18.0 Å². The van der Waals surface area contributed by atoms with Crippen LogP contribution in [-0.4, -0.2) is 41.0 Å². The number of carbonyl (C=O) groups is 1. The molecule has 1 fully saturated rings. The summed E-state index contributed by atoms with van der Waals surface area (Å²) in [4.78, 5) is 24.4. The number of nitrogens with zero attached hydrogens (tertiary/aromatic N) is 3. The largest absolute Gasteiger partial charge is 0.497 e. The van der Waals surface area contributed by atoms with Crippen LogP contribution in [0.4, 0.5) is 0 Å². The molecule has 1 saturated heterocycles. The number of ether oxygens (including phenoxy) is 1. The molecule has 4 rings (SSSR count). The van der Waals surface area contributed by atoms with Gasteiger partial charge in [0.2, 0.25) is 0 Å². The Balaban J connectivity index is 1.36. The predicted octanol–water partition coefficient (Wildman–Crippen LogP) is 4.02. The van der Waals surface area contributed by atoms with E-state index < -0.39 is 0 Å². The van der Waals surface area contributed by atoms with Crippen molar-refractivity contribution >= 4 is 5.91 Å². The fourth-order valence-corrected chi connectivity index (χ4v) is 4.18. The highest BCUT2D eigenvalue weighted by molar-refractivity contribution is 5.94. The number of amides is 1. The minimum absolute atomic E-state index is 0.163. The summed E-state index contributed by atoms with van der Waals surface area (Å²) >= 11 is 0. The van der Waals surface area contributed by atoms with Crippen LogP contribution in [0.25, 0.3) is 0 Å². The molecule has 2 heterocycles. The molecule has 0 saturated carbocycles. The van der Waals surface area contributed by atoms with Crippen molar-refractivity contribution in [1.82, 2.24) is 20.2 Å². The van der Waals surface area contributed by atoms with Gasteiger partial charge in [-0.1, -0.05) is 36.4 Å². The summed E-state index contributed by atoms with van der Waals surface area (Å²) in [7, 11) is 1.63. The fourth-order valence-electron chi connectivity index (χ4n) is 4.18. The van der Waals surface area contributed by atoms with E-state index in [1.165, 1.54) is 11.1 Å². The molecule has 32 heavy (non-hydrogen) atoms. The molecule has 6 heteroatoms. The SMILES string of the molecule is COc1cccc(CNC(=O)c2cnc([C@H]3CCN(Cc4ccccc4C)C3)nc2C)c1. The Morgan fingerprint density at radius 3 is 2.81 bits per heavy atom. The summed E-state index contributed by atoms with van der Waals surface area (Å²) in [5, 5.41) is 2.95. The van der Waals surface area contributed by atoms with Gasteiger partial charge in [-0.05, 0) is 55.6 Å². The molecule has 1 aromatic heterocycles. The van der Waals surface area contributed by atoms with E-state index in [0.717, 1.165) is 48.9 Å². The molecular weight excluding hydrogens is 400 g/mol. The van der Waals surface area contributed by atoms with Gasteiger partial charge >= 0.3 is 0 Å². The zero-order valence-corrected chi connectivity index (χ0v) is 19.0. The lowest BCUT2D eigenvalue weighted by Crippen LogP contribution is -2.25. The predicted molar refractivity (Wildman–Crippen MR) is 125 cm³/mol. The monoisotopic (exact) mass is 430 g/mol. The molecule has 1 amide bonds. The van der Waals surface area contributed by atoms with Gasteiger partial charge in [0, 0.05) is 31.7 Å². The van der Waals surface area contributed by atoms with Crippen molar-refractivity contribution in [3.8, 4) is 5.75 Å². The Morgan fingerprint density at radius 1 is 1.19 bits per heavy atom. The van der Waals surface area contributed by atoms with Gasteiger partial charge in [-0.25, -0.2) is 9.97 Å². The smallest absolute Gasteiger partial charge is 0.254 e. The lowest BCUT2D eigenvalue weighted by molar-refractivity contribution is 0.0949. The maximum Gasteiger partial charge on any atom is 0.254 e. The fraction of sp³-hybridized carbons (Fsp3) is 0.346. The molecule has 2 aromatic carbocycles. The molecule has 0 bridgehead atoms. The first-order valence-electron chi connectivity index (χ1n) is 11.0. The number of aromatic nitrogens is 2. The summed E-state index contributed by atoms with van der Waals surface area (Å²) in [6, 6.07) is 16.2. The molecule has 1 aliphatic rings. The molecule has 6 nitrogen and oxygen atoms in total. The van der Waals surface area contributed by atoms with E-state index in [2.05, 4.69) is 46.4 Å². The minimum atomic E-state index is -0.163. The van der Waals surface area contributed by atoms with Crippen molar-refractivity contribution in [2.75, 3.05) is 20.2 Å². The Kier molecular flexibility index (Phi) is 6.81. The van der Waals surface area contributed by atoms with Crippen LogP contribution in [0.3, 0.4) is 0 Å². The highest BCUT2D eigenvalue weighted by atomic mass is 16.5. The van der Waals surface area contributed by atoms with Crippen molar-refractivity contribution < 1.29 is 9.53 Å². The van der Waals surface area contributed by atoms with Crippen molar-refractivity contribution in [3.63, 3.8) is 0 Å². The van der Waals surface area contributed by atoms with E-state index >= 15 is 0 Å². The lowest BCUT2D eigenvalue weighted by Gasteiger charge is -2.17. The van der Waals surface area contributed by atoms with Gasteiger partial charge in [0.05, 0.1) is 18.4 Å². The minimum Gasteiger partial charge on any atom is -0.497 e. The number of hydrogen-bond acceptors (Lipinski definition) is 5. The average Bonchev–Trinajstić information content (AvgIpc) is 3.27. The van der Waals surface area contributed by atoms with Crippen LogP contribution in [0.1, 0.15) is 50.9 Å². The second kappa shape index (κ2) is 9.92. The van der Waals surface area contributed by atoms with Crippen molar-refractivity contribution in [2.45, 2.75) is 39.3 Å². The number of carbonyl (C=O) groups excluding carboxylic acids is 1. The maximum atomic E-state index is 12.7. The highest BCUT2D eigenvalue weighted by Gasteiger charge is 2.27. The second-order valence-electron chi connectivity index (χ2n) is 8.41. The third kappa shape index (κ3) is 5.14. The zero-order valence-electron chi connectivity index (χ0n) is 19.0. The molecule has 166 valence electrons. The van der Waals surface area contributed by atoms with E-state index in [-0.39, 0.29) is 5.91 Å². The Hall–Kier alpha value is -3.25. The number of methoxy groups -OCH3 is 1. The molecular formula is C26H30N4O2. The Morgan fingerprint density at radius 2 is 2.03 bits per heavy atom. The number of nitrogens with one attached hydrogen (secondary N) is 1. The van der Waals surface area contributed by atoms with Crippen LogP contribution in [0.5, 0.6) is 5.75 Å². The first-order valence-corrected chi connectivity index (χ1v) is 11.0. The van der Waals surface area contributed by atoms with Crippen LogP contribution in [0, 0.1) is 13.8 Å². The lowest BCUT2D eigenvalue weighted by atomic mass is 10.1. The molecule has 1 atom stereocenters. The number of rotatable bonds is 7. The Labute approximate surface area is 189 Å². The quantitative estimate of drug-likeness (QED) is 0.613. The highest BCUT2D eigenvalue weighted by Crippen LogP contribution is 2.27. The summed E-state index contributed by atoms with van der Waals surface area (Å²) in [5.74, 6) is 1.74. The van der Waals surface area contributed by atoms with E-state index in [1.807, 2.05) is 31.2 Å². The zero-order chi connectivity index (χ0) is 22.5. The van der Waals surface area contributed by atoms with Crippen molar-refractivity contribution in [3.05, 3.63) is 88.5 Å². The average molecular weight is 431 g/mol. The summed E-state index contributed by atoms with van der Waals surface area (Å²) in [5.41, 5.74) is 4.91. The van der Waals surface area contributed by atoms with E-state index in [4.69, 9.17) is 9.72 Å². The summed E-state index contributed by atoms with van der Waals surface area (Å²) < 4.78 is 5.24.